The average molecular weight is 528 g/mol. The highest BCUT2D eigenvalue weighted by molar-refractivity contribution is 7.91. The van der Waals surface area contributed by atoms with Gasteiger partial charge in [0.05, 0.1) is 10.5 Å². The number of nitrogens with zero attached hydrogens (tertiary/aromatic N) is 4. The van der Waals surface area contributed by atoms with Crippen molar-refractivity contribution in [2.24, 2.45) is 0 Å². The number of hydrogen-bond donors (Lipinski definition) is 1. The predicted molar refractivity (Wildman–Crippen MR) is 126 cm³/mol. The minimum Gasteiger partial charge on any atom is -0.611 e. The Hall–Kier alpha value is -2.67. The largest absolute Gasteiger partial charge is 0.611 e. The number of carbonyl (C=O) groups is 1. The highest BCUT2D eigenvalue weighted by Gasteiger charge is 2.25. The van der Waals surface area contributed by atoms with Gasteiger partial charge in [-0.05, 0) is 41.0 Å². The van der Waals surface area contributed by atoms with Crippen molar-refractivity contribution in [3.63, 3.8) is 0 Å². The van der Waals surface area contributed by atoms with Crippen LogP contribution in [0.1, 0.15) is 12.5 Å². The van der Waals surface area contributed by atoms with E-state index in [-0.39, 0.29) is 17.4 Å². The molecule has 9 nitrogen and oxygen atoms in total. The molecule has 1 amide bonds. The maximum atomic E-state index is 13.0. The van der Waals surface area contributed by atoms with Gasteiger partial charge in [0.25, 0.3) is 0 Å². The zero-order chi connectivity index (χ0) is 25.0. The zero-order valence-electron chi connectivity index (χ0n) is 18.9. The summed E-state index contributed by atoms with van der Waals surface area (Å²) in [6.45, 7) is 3.46. The predicted octanol–water partition coefficient (Wildman–Crippen LogP) is 3.66. The fourth-order valence-electron chi connectivity index (χ4n) is 3.60. The molecule has 0 saturated carbocycles. The molecule has 1 aromatic heterocycles. The Morgan fingerprint density at radius 2 is 2.00 bits per heavy atom. The molecule has 2 aromatic carbocycles. The molecule has 13 heteroatoms. The van der Waals surface area contributed by atoms with E-state index in [2.05, 4.69) is 25.0 Å². The highest BCUT2D eigenvalue weighted by Crippen LogP contribution is 2.30. The number of aromatic amines is 1. The van der Waals surface area contributed by atoms with Gasteiger partial charge in [-0.25, -0.2) is 4.79 Å². The van der Waals surface area contributed by atoms with Gasteiger partial charge in [0.1, 0.15) is 23.6 Å². The summed E-state index contributed by atoms with van der Waals surface area (Å²) in [5.74, 6) is 0.326. The molecular weight excluding hydrogens is 504 g/mol. The third-order valence-corrected chi connectivity index (χ3v) is 7.06. The number of alkyl halides is 2. The molecule has 2 heterocycles. The Bertz CT molecular complexity index is 1170. The van der Waals surface area contributed by atoms with E-state index in [1.165, 1.54) is 18.2 Å². The molecule has 1 saturated heterocycles. The molecule has 3 aromatic rings. The summed E-state index contributed by atoms with van der Waals surface area (Å²) in [5, 5.41) is 10.4. The number of rotatable bonds is 8. The van der Waals surface area contributed by atoms with Crippen LogP contribution >= 0.6 is 11.6 Å². The first-order valence-electron chi connectivity index (χ1n) is 10.9. The lowest BCUT2D eigenvalue weighted by Crippen LogP contribution is -2.49. The first-order chi connectivity index (χ1) is 16.7. The van der Waals surface area contributed by atoms with Crippen molar-refractivity contribution in [3.8, 4) is 5.75 Å². The lowest BCUT2D eigenvalue weighted by molar-refractivity contribution is -0.158. The quantitative estimate of drug-likeness (QED) is 0.445. The summed E-state index contributed by atoms with van der Waals surface area (Å²) in [4.78, 5) is 16.9. The fraction of sp³-hybridized carbons (Fsp3) is 0.409. The number of hydrogen-bond acceptors (Lipinski definition) is 7. The van der Waals surface area contributed by atoms with Crippen LogP contribution in [-0.2, 0) is 22.5 Å². The molecule has 1 unspecified atom stereocenters. The van der Waals surface area contributed by atoms with Gasteiger partial charge in [0, 0.05) is 45.7 Å². The van der Waals surface area contributed by atoms with Crippen LogP contribution in [-0.4, -0.2) is 80.4 Å². The zero-order valence-corrected chi connectivity index (χ0v) is 20.5. The molecule has 1 fully saturated rings. The number of aromatic nitrogens is 3. The maximum Gasteiger partial charge on any atom is 0.410 e. The van der Waals surface area contributed by atoms with E-state index in [1.54, 1.807) is 23.1 Å². The molecule has 188 valence electrons. The van der Waals surface area contributed by atoms with Crippen molar-refractivity contribution in [1.82, 2.24) is 25.2 Å². The number of amides is 1. The summed E-state index contributed by atoms with van der Waals surface area (Å²) in [7, 11) is 0. The van der Waals surface area contributed by atoms with Gasteiger partial charge in [-0.15, -0.1) is 5.10 Å². The number of nitrogens with one attached hydrogen (secondary N) is 1. The lowest BCUT2D eigenvalue weighted by Gasteiger charge is -2.33. The molecule has 35 heavy (non-hydrogen) atoms. The standard InChI is InChI=1S/C22H24ClF2N5O4S/c1-22(24,25)34-20-5-2-15(12-17(20)23)14-33-21(31)30-8-6-29(7-9-30)10-11-35(32)16-3-4-18-19(13-16)27-28-26-18/h2-5,12-13H,6-11,14H2,1H3,(H,26,27,28). The van der Waals surface area contributed by atoms with Crippen molar-refractivity contribution >= 4 is 39.9 Å². The second kappa shape index (κ2) is 10.9. The first kappa shape index (κ1) is 25.4. The van der Waals surface area contributed by atoms with E-state index >= 15 is 0 Å². The number of H-pyrrole nitrogens is 1. The van der Waals surface area contributed by atoms with Gasteiger partial charge >= 0.3 is 12.2 Å². The Labute approximate surface area is 208 Å². The van der Waals surface area contributed by atoms with Gasteiger partial charge in [-0.1, -0.05) is 22.9 Å². The Balaban J connectivity index is 1.19. The summed E-state index contributed by atoms with van der Waals surface area (Å²) < 4.78 is 48.5. The number of benzene rings is 2. The molecule has 1 aliphatic rings. The lowest BCUT2D eigenvalue weighted by atomic mass is 10.2. The van der Waals surface area contributed by atoms with Gasteiger partial charge < -0.3 is 18.9 Å². The van der Waals surface area contributed by atoms with Crippen molar-refractivity contribution < 1.29 is 27.6 Å². The van der Waals surface area contributed by atoms with Crippen molar-refractivity contribution in [2.75, 3.05) is 38.5 Å². The molecule has 0 spiro atoms. The second-order valence-electron chi connectivity index (χ2n) is 8.10. The van der Waals surface area contributed by atoms with E-state index in [1.807, 2.05) is 0 Å². The molecule has 4 rings (SSSR count). The second-order valence-corrected chi connectivity index (χ2v) is 10.1. The Morgan fingerprint density at radius 1 is 1.23 bits per heavy atom. The summed E-state index contributed by atoms with van der Waals surface area (Å²) in [6.07, 6.45) is -3.81. The van der Waals surface area contributed by atoms with Crippen LogP contribution in [0.5, 0.6) is 5.75 Å². The van der Waals surface area contributed by atoms with E-state index in [0.717, 1.165) is 11.0 Å². The monoisotopic (exact) mass is 527 g/mol. The maximum absolute atomic E-state index is 13.0. The van der Waals surface area contributed by atoms with Crippen LogP contribution in [0.4, 0.5) is 13.6 Å². The third kappa shape index (κ3) is 6.94. The van der Waals surface area contributed by atoms with E-state index in [9.17, 15) is 18.1 Å². The van der Waals surface area contributed by atoms with E-state index in [4.69, 9.17) is 16.3 Å². The van der Waals surface area contributed by atoms with Crippen LogP contribution in [0.15, 0.2) is 41.3 Å². The number of carbonyl (C=O) groups excluding carboxylic acids is 1. The normalized spacial score (nSPS) is 15.9. The molecule has 1 N–H and O–H groups in total. The molecular formula is C22H24ClF2N5O4S. The van der Waals surface area contributed by atoms with Crippen molar-refractivity contribution in [2.45, 2.75) is 24.5 Å². The van der Waals surface area contributed by atoms with Gasteiger partial charge in [-0.3, -0.25) is 10.00 Å². The van der Waals surface area contributed by atoms with Gasteiger partial charge in [0.2, 0.25) is 0 Å². The highest BCUT2D eigenvalue weighted by atomic mass is 35.5. The van der Waals surface area contributed by atoms with Crippen molar-refractivity contribution in [1.29, 1.82) is 0 Å². The van der Waals surface area contributed by atoms with E-state index < -0.39 is 23.4 Å². The molecule has 0 aliphatic carbocycles. The third-order valence-electron chi connectivity index (χ3n) is 5.43. The van der Waals surface area contributed by atoms with Crippen LogP contribution in [0.25, 0.3) is 11.0 Å². The minimum absolute atomic E-state index is 0.00669. The smallest absolute Gasteiger partial charge is 0.410 e. The number of piperazine rings is 1. The molecule has 0 bridgehead atoms. The van der Waals surface area contributed by atoms with Crippen LogP contribution in [0.3, 0.4) is 0 Å². The fourth-order valence-corrected chi connectivity index (χ4v) is 4.97. The van der Waals surface area contributed by atoms with Gasteiger partial charge in [0.15, 0.2) is 4.90 Å². The first-order valence-corrected chi connectivity index (χ1v) is 12.6. The number of fused-ring (bicyclic) bond motifs is 1. The Kier molecular flexibility index (Phi) is 7.95. The molecule has 1 aliphatic heterocycles. The summed E-state index contributed by atoms with van der Waals surface area (Å²) in [6, 6.07) is 9.63. The van der Waals surface area contributed by atoms with E-state index in [0.29, 0.717) is 55.9 Å². The topological polar surface area (TPSA) is 107 Å². The SMILES string of the molecule is CC(F)(F)Oc1ccc(COC(=O)N2CCN(CC[S+]([O-])c3ccc4nn[nH]c4c3)CC2)cc1Cl. The van der Waals surface area contributed by atoms with Crippen LogP contribution in [0, 0.1) is 0 Å². The number of halogens is 3. The van der Waals surface area contributed by atoms with Gasteiger partial charge in [-0.2, -0.15) is 8.78 Å². The summed E-state index contributed by atoms with van der Waals surface area (Å²) in [5.41, 5.74) is 2.03. The average Bonchev–Trinajstić information content (AvgIpc) is 3.30. The molecule has 1 atom stereocenters. The molecule has 0 radical (unpaired) electrons. The minimum atomic E-state index is -3.35. The van der Waals surface area contributed by atoms with Crippen LogP contribution in [0.2, 0.25) is 5.02 Å². The Morgan fingerprint density at radius 3 is 2.71 bits per heavy atom. The van der Waals surface area contributed by atoms with Crippen molar-refractivity contribution in [3.05, 3.63) is 47.0 Å². The number of ether oxygens (including phenoxy) is 2. The van der Waals surface area contributed by atoms with Crippen LogP contribution < -0.4 is 4.74 Å². The summed E-state index contributed by atoms with van der Waals surface area (Å²) >= 11 is 4.82.